The Morgan fingerprint density at radius 2 is 2.19 bits per heavy atom. The molecule has 1 heterocycles. The van der Waals surface area contributed by atoms with Gasteiger partial charge >= 0.3 is 5.97 Å². The third-order valence-corrected chi connectivity index (χ3v) is 3.54. The van der Waals surface area contributed by atoms with Crippen LogP contribution in [0.2, 0.25) is 0 Å². The van der Waals surface area contributed by atoms with Gasteiger partial charge in [-0.2, -0.15) is 5.10 Å². The Kier molecular flexibility index (Phi) is 4.52. The van der Waals surface area contributed by atoms with Crippen LogP contribution < -0.4 is 5.43 Å². The lowest BCUT2D eigenvalue weighted by Gasteiger charge is -2.11. The summed E-state index contributed by atoms with van der Waals surface area (Å²) in [6, 6.07) is 4.04. The molecule has 0 aliphatic heterocycles. The summed E-state index contributed by atoms with van der Waals surface area (Å²) in [5, 5.41) is 3.99. The molecule has 0 N–H and O–H groups in total. The molecule has 2 rings (SSSR count). The summed E-state index contributed by atoms with van der Waals surface area (Å²) in [7, 11) is 1.18. The fourth-order valence-corrected chi connectivity index (χ4v) is 2.35. The molecule has 0 aliphatic carbocycles. The molecule has 0 saturated heterocycles. The number of aryl methyl sites for hydroxylation is 1. The SMILES string of the molecule is CCc1cn(-c2ccc(F)cc2Br)nc(C(=O)OC)c1=O. The summed E-state index contributed by atoms with van der Waals surface area (Å²) in [6.07, 6.45) is 1.96. The lowest BCUT2D eigenvalue weighted by Crippen LogP contribution is -2.25. The van der Waals surface area contributed by atoms with E-state index < -0.39 is 17.2 Å². The second-order valence-electron chi connectivity index (χ2n) is 4.22. The molecule has 7 heteroatoms. The van der Waals surface area contributed by atoms with Gasteiger partial charge in [0.1, 0.15) is 5.82 Å². The number of nitrogens with zero attached hydrogens (tertiary/aromatic N) is 2. The van der Waals surface area contributed by atoms with Crippen molar-refractivity contribution in [2.75, 3.05) is 7.11 Å². The van der Waals surface area contributed by atoms with E-state index >= 15 is 0 Å². The van der Waals surface area contributed by atoms with Gasteiger partial charge in [-0.3, -0.25) is 4.79 Å². The predicted molar refractivity (Wildman–Crippen MR) is 78.2 cm³/mol. The third kappa shape index (κ3) is 3.02. The minimum absolute atomic E-state index is 0.298. The molecule has 1 aromatic carbocycles. The number of rotatable bonds is 3. The second-order valence-corrected chi connectivity index (χ2v) is 5.07. The summed E-state index contributed by atoms with van der Waals surface area (Å²) in [4.78, 5) is 23.7. The second kappa shape index (κ2) is 6.17. The van der Waals surface area contributed by atoms with Crippen molar-refractivity contribution < 1.29 is 13.9 Å². The Morgan fingerprint density at radius 1 is 1.48 bits per heavy atom. The summed E-state index contributed by atoms with van der Waals surface area (Å²) < 4.78 is 19.5. The number of halogens is 2. The van der Waals surface area contributed by atoms with Crippen LogP contribution in [0.25, 0.3) is 5.69 Å². The highest BCUT2D eigenvalue weighted by Crippen LogP contribution is 2.21. The molecule has 2 aromatic rings. The number of benzene rings is 1. The number of ether oxygens (including phenoxy) is 1. The number of aromatic nitrogens is 2. The average Bonchev–Trinajstić information content (AvgIpc) is 2.47. The van der Waals surface area contributed by atoms with Gasteiger partial charge < -0.3 is 4.74 Å². The zero-order chi connectivity index (χ0) is 15.6. The number of esters is 1. The number of carbonyl (C=O) groups is 1. The van der Waals surface area contributed by atoms with Crippen LogP contribution in [0.1, 0.15) is 23.0 Å². The summed E-state index contributed by atoms with van der Waals surface area (Å²) in [5.41, 5.74) is 0.171. The van der Waals surface area contributed by atoms with Crippen molar-refractivity contribution >= 4 is 21.9 Å². The van der Waals surface area contributed by atoms with Gasteiger partial charge in [0.05, 0.1) is 12.8 Å². The van der Waals surface area contributed by atoms with Gasteiger partial charge in [0, 0.05) is 16.2 Å². The molecule has 0 spiro atoms. The van der Waals surface area contributed by atoms with Crippen LogP contribution in [0.5, 0.6) is 0 Å². The highest BCUT2D eigenvalue weighted by molar-refractivity contribution is 9.10. The Balaban J connectivity index is 2.69. The molecule has 110 valence electrons. The summed E-state index contributed by atoms with van der Waals surface area (Å²) in [6.45, 7) is 1.79. The molecule has 0 radical (unpaired) electrons. The molecule has 0 amide bonds. The minimum atomic E-state index is -0.803. The van der Waals surface area contributed by atoms with Gasteiger partial charge in [-0.15, -0.1) is 0 Å². The lowest BCUT2D eigenvalue weighted by atomic mass is 10.2. The first-order chi connectivity index (χ1) is 9.97. The Hall–Kier alpha value is -2.02. The van der Waals surface area contributed by atoms with Gasteiger partial charge in [0.15, 0.2) is 0 Å². The maximum Gasteiger partial charge on any atom is 0.362 e. The summed E-state index contributed by atoms with van der Waals surface area (Å²) in [5.74, 6) is -1.21. The molecule has 0 unspecified atom stereocenters. The van der Waals surface area contributed by atoms with E-state index in [2.05, 4.69) is 25.8 Å². The molecule has 0 atom stereocenters. The molecule has 0 fully saturated rings. The van der Waals surface area contributed by atoms with Crippen molar-refractivity contribution in [2.24, 2.45) is 0 Å². The fourth-order valence-electron chi connectivity index (χ4n) is 1.81. The molecule has 0 saturated carbocycles. The van der Waals surface area contributed by atoms with E-state index in [0.717, 1.165) is 0 Å². The van der Waals surface area contributed by atoms with Crippen LogP contribution in [0.3, 0.4) is 0 Å². The average molecular weight is 355 g/mol. The number of methoxy groups -OCH3 is 1. The van der Waals surface area contributed by atoms with Crippen LogP contribution in [-0.2, 0) is 11.2 Å². The first-order valence-corrected chi connectivity index (χ1v) is 6.93. The molecule has 0 aliphatic rings. The molecule has 0 bridgehead atoms. The van der Waals surface area contributed by atoms with Crippen molar-refractivity contribution in [3.8, 4) is 5.69 Å². The fraction of sp³-hybridized carbons (Fsp3) is 0.214. The molecule has 5 nitrogen and oxygen atoms in total. The van der Waals surface area contributed by atoms with Crippen molar-refractivity contribution in [1.82, 2.24) is 9.78 Å². The van der Waals surface area contributed by atoms with E-state index in [4.69, 9.17) is 0 Å². The quantitative estimate of drug-likeness (QED) is 0.794. The number of hydrogen-bond donors (Lipinski definition) is 0. The predicted octanol–water partition coefficient (Wildman–Crippen LogP) is 2.48. The van der Waals surface area contributed by atoms with Crippen molar-refractivity contribution in [3.63, 3.8) is 0 Å². The van der Waals surface area contributed by atoms with Crippen molar-refractivity contribution in [1.29, 1.82) is 0 Å². The van der Waals surface area contributed by atoms with Crippen molar-refractivity contribution in [3.05, 3.63) is 56.2 Å². The minimum Gasteiger partial charge on any atom is -0.464 e. The van der Waals surface area contributed by atoms with Crippen LogP contribution in [0, 0.1) is 5.82 Å². The van der Waals surface area contributed by atoms with E-state index in [9.17, 15) is 14.0 Å². The number of carbonyl (C=O) groups excluding carboxylic acids is 1. The topological polar surface area (TPSA) is 61.2 Å². The van der Waals surface area contributed by atoms with Gasteiger partial charge in [0.2, 0.25) is 11.1 Å². The van der Waals surface area contributed by atoms with E-state index in [1.165, 1.54) is 36.2 Å². The van der Waals surface area contributed by atoms with Gasteiger partial charge in [-0.25, -0.2) is 13.9 Å². The largest absolute Gasteiger partial charge is 0.464 e. The van der Waals surface area contributed by atoms with E-state index in [-0.39, 0.29) is 5.69 Å². The monoisotopic (exact) mass is 354 g/mol. The molecule has 1 aromatic heterocycles. The van der Waals surface area contributed by atoms with Gasteiger partial charge in [-0.05, 0) is 40.5 Å². The third-order valence-electron chi connectivity index (χ3n) is 2.91. The van der Waals surface area contributed by atoms with Crippen LogP contribution in [-0.4, -0.2) is 22.9 Å². The van der Waals surface area contributed by atoms with E-state index in [0.29, 0.717) is 22.1 Å². The van der Waals surface area contributed by atoms with Crippen LogP contribution >= 0.6 is 15.9 Å². The summed E-state index contributed by atoms with van der Waals surface area (Å²) >= 11 is 3.23. The standard InChI is InChI=1S/C14H12BrFN2O3/c1-3-8-7-18(11-5-4-9(16)6-10(11)15)17-12(13(8)19)14(20)21-2/h4-7H,3H2,1-2H3. The first-order valence-electron chi connectivity index (χ1n) is 6.14. The Bertz CT molecular complexity index is 758. The maximum absolute atomic E-state index is 13.2. The number of hydrogen-bond acceptors (Lipinski definition) is 4. The van der Waals surface area contributed by atoms with Gasteiger partial charge in [-0.1, -0.05) is 6.92 Å². The zero-order valence-electron chi connectivity index (χ0n) is 11.4. The highest BCUT2D eigenvalue weighted by Gasteiger charge is 2.18. The zero-order valence-corrected chi connectivity index (χ0v) is 13.0. The van der Waals surface area contributed by atoms with Crippen LogP contribution in [0.4, 0.5) is 4.39 Å². The highest BCUT2D eigenvalue weighted by atomic mass is 79.9. The Labute approximate surface area is 128 Å². The molecular weight excluding hydrogens is 343 g/mol. The molecular formula is C14H12BrFN2O3. The van der Waals surface area contributed by atoms with E-state index in [1.807, 2.05) is 0 Å². The lowest BCUT2D eigenvalue weighted by molar-refractivity contribution is 0.0590. The molecule has 21 heavy (non-hydrogen) atoms. The smallest absolute Gasteiger partial charge is 0.362 e. The van der Waals surface area contributed by atoms with Crippen LogP contribution in [0.15, 0.2) is 33.7 Å². The Morgan fingerprint density at radius 3 is 2.76 bits per heavy atom. The van der Waals surface area contributed by atoms with Crippen molar-refractivity contribution in [2.45, 2.75) is 13.3 Å². The van der Waals surface area contributed by atoms with Gasteiger partial charge in [0.25, 0.3) is 0 Å². The maximum atomic E-state index is 13.2. The van der Waals surface area contributed by atoms with E-state index in [1.54, 1.807) is 6.92 Å². The first kappa shape index (κ1) is 15.4. The normalized spacial score (nSPS) is 10.5.